The molecule has 0 aliphatic heterocycles. The van der Waals surface area contributed by atoms with Crippen LogP contribution in [0, 0.1) is 11.3 Å². The predicted octanol–water partition coefficient (Wildman–Crippen LogP) is 4.66. The molecule has 0 spiro atoms. The zero-order chi connectivity index (χ0) is 25.0. The van der Waals surface area contributed by atoms with Gasteiger partial charge in [-0.1, -0.05) is 30.3 Å². The maximum Gasteiger partial charge on any atom is 0.266 e. The third-order valence-electron chi connectivity index (χ3n) is 4.75. The van der Waals surface area contributed by atoms with E-state index in [1.807, 2.05) is 13.0 Å². The molecular formula is C27H25N3O5. The standard InChI is InChI=1S/C27H25N3O5/c1-3-34-22-14-12-21(13-15-22)29-27(32)20(17-28)16-19-8-4-6-10-24(19)35-18-26(31)30-23-9-5-7-11-25(23)33-2/h4-16H,3,18H2,1-2H3,(H,29,32)(H,30,31)/b20-16+. The fraction of sp³-hybridized carbons (Fsp3) is 0.148. The van der Waals surface area contributed by atoms with Crippen LogP contribution in [0.3, 0.4) is 0 Å². The highest BCUT2D eigenvalue weighted by molar-refractivity contribution is 6.09. The second kappa shape index (κ2) is 12.5. The normalized spacial score (nSPS) is 10.6. The molecule has 2 amide bonds. The van der Waals surface area contributed by atoms with E-state index in [1.165, 1.54) is 13.2 Å². The van der Waals surface area contributed by atoms with Gasteiger partial charge in [0, 0.05) is 11.3 Å². The highest BCUT2D eigenvalue weighted by Gasteiger charge is 2.13. The van der Waals surface area contributed by atoms with Crippen molar-refractivity contribution in [2.45, 2.75) is 6.92 Å². The number of nitrogens with zero attached hydrogens (tertiary/aromatic N) is 1. The van der Waals surface area contributed by atoms with Crippen molar-refractivity contribution in [1.29, 1.82) is 5.26 Å². The summed E-state index contributed by atoms with van der Waals surface area (Å²) < 4.78 is 16.3. The van der Waals surface area contributed by atoms with E-state index in [9.17, 15) is 14.9 Å². The fourth-order valence-corrected chi connectivity index (χ4v) is 3.11. The van der Waals surface area contributed by atoms with Gasteiger partial charge in [0.2, 0.25) is 0 Å². The molecule has 0 atom stereocenters. The molecule has 178 valence electrons. The Bertz CT molecular complexity index is 1250. The molecule has 0 radical (unpaired) electrons. The maximum absolute atomic E-state index is 12.6. The van der Waals surface area contributed by atoms with Crippen LogP contribution in [0.5, 0.6) is 17.2 Å². The van der Waals surface area contributed by atoms with E-state index in [-0.39, 0.29) is 18.1 Å². The number of nitriles is 1. The van der Waals surface area contributed by atoms with Gasteiger partial charge < -0.3 is 24.8 Å². The number of methoxy groups -OCH3 is 1. The minimum Gasteiger partial charge on any atom is -0.495 e. The Morgan fingerprint density at radius 2 is 1.60 bits per heavy atom. The quantitative estimate of drug-likeness (QED) is 0.329. The number of hydrogen-bond donors (Lipinski definition) is 2. The van der Waals surface area contributed by atoms with E-state index in [0.29, 0.717) is 40.8 Å². The van der Waals surface area contributed by atoms with Gasteiger partial charge in [0.25, 0.3) is 11.8 Å². The SMILES string of the molecule is CCOc1ccc(NC(=O)/C(C#N)=C/c2ccccc2OCC(=O)Nc2ccccc2OC)cc1. The summed E-state index contributed by atoms with van der Waals surface area (Å²) in [7, 11) is 1.52. The van der Waals surface area contributed by atoms with Crippen molar-refractivity contribution in [1.82, 2.24) is 0 Å². The molecule has 0 aliphatic rings. The molecule has 3 aromatic carbocycles. The van der Waals surface area contributed by atoms with Crippen LogP contribution in [0.25, 0.3) is 6.08 Å². The average molecular weight is 472 g/mol. The van der Waals surface area contributed by atoms with Crippen molar-refractivity contribution < 1.29 is 23.8 Å². The first-order chi connectivity index (χ1) is 17.0. The number of rotatable bonds is 10. The van der Waals surface area contributed by atoms with Gasteiger partial charge in [-0.25, -0.2) is 0 Å². The second-order valence-corrected chi connectivity index (χ2v) is 7.16. The molecule has 0 unspecified atom stereocenters. The number of anilines is 2. The van der Waals surface area contributed by atoms with Crippen LogP contribution in [0.1, 0.15) is 12.5 Å². The zero-order valence-corrected chi connectivity index (χ0v) is 19.4. The lowest BCUT2D eigenvalue weighted by molar-refractivity contribution is -0.118. The average Bonchev–Trinajstić information content (AvgIpc) is 2.88. The molecule has 0 heterocycles. The topological polar surface area (TPSA) is 110 Å². The maximum atomic E-state index is 12.6. The summed E-state index contributed by atoms with van der Waals surface area (Å²) in [5.41, 5.74) is 1.41. The molecule has 8 heteroatoms. The second-order valence-electron chi connectivity index (χ2n) is 7.16. The van der Waals surface area contributed by atoms with Crippen LogP contribution in [0.4, 0.5) is 11.4 Å². The third-order valence-corrected chi connectivity index (χ3v) is 4.75. The molecular weight excluding hydrogens is 446 g/mol. The van der Waals surface area contributed by atoms with Crippen LogP contribution in [-0.2, 0) is 9.59 Å². The largest absolute Gasteiger partial charge is 0.495 e. The molecule has 0 aromatic heterocycles. The monoisotopic (exact) mass is 471 g/mol. The van der Waals surface area contributed by atoms with E-state index in [1.54, 1.807) is 72.8 Å². The summed E-state index contributed by atoms with van der Waals surface area (Å²) >= 11 is 0. The van der Waals surface area contributed by atoms with E-state index >= 15 is 0 Å². The van der Waals surface area contributed by atoms with Gasteiger partial charge in [-0.3, -0.25) is 9.59 Å². The Kier molecular flexibility index (Phi) is 8.85. The van der Waals surface area contributed by atoms with Crippen molar-refractivity contribution in [3.63, 3.8) is 0 Å². The molecule has 35 heavy (non-hydrogen) atoms. The van der Waals surface area contributed by atoms with Crippen molar-refractivity contribution in [3.8, 4) is 23.3 Å². The van der Waals surface area contributed by atoms with Crippen molar-refractivity contribution in [3.05, 3.63) is 83.9 Å². The number of hydrogen-bond acceptors (Lipinski definition) is 6. The highest BCUT2D eigenvalue weighted by atomic mass is 16.5. The molecule has 0 saturated heterocycles. The molecule has 2 N–H and O–H groups in total. The summed E-state index contributed by atoms with van der Waals surface area (Å²) in [6, 6.07) is 22.6. The van der Waals surface area contributed by atoms with Crippen LogP contribution < -0.4 is 24.8 Å². The molecule has 0 bridgehead atoms. The summed E-state index contributed by atoms with van der Waals surface area (Å²) in [4.78, 5) is 25.0. The van der Waals surface area contributed by atoms with E-state index < -0.39 is 5.91 Å². The van der Waals surface area contributed by atoms with E-state index in [2.05, 4.69) is 10.6 Å². The Balaban J connectivity index is 1.68. The van der Waals surface area contributed by atoms with E-state index in [4.69, 9.17) is 14.2 Å². The van der Waals surface area contributed by atoms with Gasteiger partial charge in [-0.05, 0) is 55.5 Å². The first-order valence-corrected chi connectivity index (χ1v) is 10.8. The first-order valence-electron chi connectivity index (χ1n) is 10.8. The number of ether oxygens (including phenoxy) is 3. The third kappa shape index (κ3) is 7.11. The minimum atomic E-state index is -0.569. The molecule has 0 saturated carbocycles. The molecule has 0 aliphatic carbocycles. The minimum absolute atomic E-state index is 0.117. The van der Waals surface area contributed by atoms with Gasteiger partial charge in [0.05, 0.1) is 19.4 Å². The Morgan fingerprint density at radius 1 is 0.914 bits per heavy atom. The highest BCUT2D eigenvalue weighted by Crippen LogP contribution is 2.24. The Hall–Kier alpha value is -4.77. The van der Waals surface area contributed by atoms with Crippen molar-refractivity contribution in [2.24, 2.45) is 0 Å². The van der Waals surface area contributed by atoms with E-state index in [0.717, 1.165) is 0 Å². The van der Waals surface area contributed by atoms with Crippen molar-refractivity contribution in [2.75, 3.05) is 31.0 Å². The number of carbonyl (C=O) groups is 2. The molecule has 3 aromatic rings. The smallest absolute Gasteiger partial charge is 0.266 e. The Labute approximate surface area is 203 Å². The number of para-hydroxylation sites is 3. The lowest BCUT2D eigenvalue weighted by Gasteiger charge is -2.12. The van der Waals surface area contributed by atoms with Crippen LogP contribution in [-0.4, -0.2) is 32.1 Å². The summed E-state index contributed by atoms with van der Waals surface area (Å²) in [5, 5.41) is 15.0. The van der Waals surface area contributed by atoms with Gasteiger partial charge in [0.15, 0.2) is 6.61 Å². The molecule has 0 fully saturated rings. The van der Waals surface area contributed by atoms with Crippen LogP contribution in [0.15, 0.2) is 78.4 Å². The molecule has 3 rings (SSSR count). The van der Waals surface area contributed by atoms with Gasteiger partial charge >= 0.3 is 0 Å². The number of amides is 2. The van der Waals surface area contributed by atoms with Crippen LogP contribution in [0.2, 0.25) is 0 Å². The number of benzene rings is 3. The lowest BCUT2D eigenvalue weighted by atomic mass is 10.1. The number of carbonyl (C=O) groups excluding carboxylic acids is 2. The lowest BCUT2D eigenvalue weighted by Crippen LogP contribution is -2.20. The van der Waals surface area contributed by atoms with Gasteiger partial charge in [-0.15, -0.1) is 0 Å². The fourth-order valence-electron chi connectivity index (χ4n) is 3.11. The summed E-state index contributed by atoms with van der Waals surface area (Å²) in [6.45, 7) is 2.15. The Morgan fingerprint density at radius 3 is 2.29 bits per heavy atom. The van der Waals surface area contributed by atoms with Crippen molar-refractivity contribution >= 4 is 29.3 Å². The zero-order valence-electron chi connectivity index (χ0n) is 19.4. The first kappa shape index (κ1) is 24.9. The molecule has 8 nitrogen and oxygen atoms in total. The van der Waals surface area contributed by atoms with Gasteiger partial charge in [0.1, 0.15) is 28.9 Å². The summed E-state index contributed by atoms with van der Waals surface area (Å²) in [6.07, 6.45) is 1.41. The number of nitrogens with one attached hydrogen (secondary N) is 2. The predicted molar refractivity (Wildman–Crippen MR) is 133 cm³/mol. The van der Waals surface area contributed by atoms with Crippen LogP contribution >= 0.6 is 0 Å². The summed E-state index contributed by atoms with van der Waals surface area (Å²) in [5.74, 6) is 0.607. The van der Waals surface area contributed by atoms with Gasteiger partial charge in [-0.2, -0.15) is 5.26 Å².